The van der Waals surface area contributed by atoms with Crippen molar-refractivity contribution in [3.8, 4) is 0 Å². The van der Waals surface area contributed by atoms with Crippen molar-refractivity contribution < 1.29 is 4.79 Å². The summed E-state index contributed by atoms with van der Waals surface area (Å²) in [5.41, 5.74) is 0.895. The van der Waals surface area contributed by atoms with Crippen molar-refractivity contribution in [2.75, 3.05) is 0 Å². The third-order valence-electron chi connectivity index (χ3n) is 4.35. The predicted octanol–water partition coefficient (Wildman–Crippen LogP) is 3.70. The molecular weight excluding hydrogens is 196 g/mol. The first-order valence-corrected chi connectivity index (χ1v) is 6.44. The van der Waals surface area contributed by atoms with Crippen LogP contribution in [-0.4, -0.2) is 5.78 Å². The lowest BCUT2D eigenvalue weighted by Gasteiger charge is -2.04. The molecule has 1 aromatic rings. The summed E-state index contributed by atoms with van der Waals surface area (Å²) >= 11 is 0. The Hall–Kier alpha value is -1.11. The van der Waals surface area contributed by atoms with Crippen LogP contribution in [0, 0.1) is 17.8 Å². The predicted molar refractivity (Wildman–Crippen MR) is 64.3 cm³/mol. The van der Waals surface area contributed by atoms with E-state index in [4.69, 9.17) is 0 Å². The lowest BCUT2D eigenvalue weighted by atomic mass is 10.0. The molecule has 16 heavy (non-hydrogen) atoms. The molecule has 2 atom stereocenters. The monoisotopic (exact) mass is 214 g/mol. The molecule has 3 rings (SSSR count). The summed E-state index contributed by atoms with van der Waals surface area (Å²) in [6.45, 7) is 0. The SMILES string of the molecule is O=C(CC1C2CCCCC21)c1ccccc1. The molecule has 84 valence electrons. The van der Waals surface area contributed by atoms with E-state index in [1.165, 1.54) is 25.7 Å². The van der Waals surface area contributed by atoms with Crippen LogP contribution in [0.25, 0.3) is 0 Å². The van der Waals surface area contributed by atoms with Crippen LogP contribution in [0.5, 0.6) is 0 Å². The molecule has 0 radical (unpaired) electrons. The van der Waals surface area contributed by atoms with Gasteiger partial charge in [0.2, 0.25) is 0 Å². The van der Waals surface area contributed by atoms with Crippen molar-refractivity contribution in [3.05, 3.63) is 35.9 Å². The second-order valence-corrected chi connectivity index (χ2v) is 5.27. The van der Waals surface area contributed by atoms with E-state index in [9.17, 15) is 4.79 Å². The average Bonchev–Trinajstić information content (AvgIpc) is 3.04. The van der Waals surface area contributed by atoms with Crippen molar-refractivity contribution in [1.82, 2.24) is 0 Å². The molecule has 2 fully saturated rings. The largest absolute Gasteiger partial charge is 0.294 e. The highest BCUT2D eigenvalue weighted by Crippen LogP contribution is 2.57. The summed E-state index contributed by atoms with van der Waals surface area (Å²) < 4.78 is 0. The molecule has 1 aromatic carbocycles. The minimum absolute atomic E-state index is 0.347. The fourth-order valence-corrected chi connectivity index (χ4v) is 3.40. The third kappa shape index (κ3) is 1.79. The van der Waals surface area contributed by atoms with E-state index in [-0.39, 0.29) is 0 Å². The summed E-state index contributed by atoms with van der Waals surface area (Å²) in [5, 5.41) is 0. The minimum Gasteiger partial charge on any atom is -0.294 e. The van der Waals surface area contributed by atoms with Crippen LogP contribution < -0.4 is 0 Å². The van der Waals surface area contributed by atoms with Crippen molar-refractivity contribution in [2.24, 2.45) is 17.8 Å². The number of hydrogen-bond donors (Lipinski definition) is 0. The number of benzene rings is 1. The molecule has 0 N–H and O–H groups in total. The molecule has 2 saturated carbocycles. The van der Waals surface area contributed by atoms with E-state index in [0.29, 0.717) is 5.78 Å². The first-order valence-electron chi connectivity index (χ1n) is 6.44. The Bertz CT molecular complexity index is 370. The Morgan fingerprint density at radius 2 is 1.69 bits per heavy atom. The zero-order valence-electron chi connectivity index (χ0n) is 9.56. The molecule has 2 aliphatic carbocycles. The van der Waals surface area contributed by atoms with Gasteiger partial charge in [-0.05, 0) is 30.6 Å². The highest BCUT2D eigenvalue weighted by atomic mass is 16.1. The van der Waals surface area contributed by atoms with Crippen molar-refractivity contribution >= 4 is 5.78 Å². The fraction of sp³-hybridized carbons (Fsp3) is 0.533. The van der Waals surface area contributed by atoms with E-state index in [1.54, 1.807) is 0 Å². The summed E-state index contributed by atoms with van der Waals surface area (Å²) in [6, 6.07) is 9.75. The van der Waals surface area contributed by atoms with E-state index >= 15 is 0 Å². The quantitative estimate of drug-likeness (QED) is 0.701. The number of carbonyl (C=O) groups is 1. The van der Waals surface area contributed by atoms with Crippen LogP contribution in [0.2, 0.25) is 0 Å². The average molecular weight is 214 g/mol. The van der Waals surface area contributed by atoms with E-state index in [1.807, 2.05) is 30.3 Å². The van der Waals surface area contributed by atoms with Crippen LogP contribution in [0.4, 0.5) is 0 Å². The number of carbonyl (C=O) groups excluding carboxylic acids is 1. The summed E-state index contributed by atoms with van der Waals surface area (Å²) in [6.07, 6.45) is 6.31. The Kier molecular flexibility index (Phi) is 2.55. The van der Waals surface area contributed by atoms with Gasteiger partial charge in [-0.2, -0.15) is 0 Å². The van der Waals surface area contributed by atoms with Gasteiger partial charge in [-0.1, -0.05) is 43.2 Å². The van der Waals surface area contributed by atoms with E-state index in [0.717, 1.165) is 29.7 Å². The van der Waals surface area contributed by atoms with Gasteiger partial charge in [0, 0.05) is 12.0 Å². The van der Waals surface area contributed by atoms with Crippen LogP contribution in [-0.2, 0) is 0 Å². The van der Waals surface area contributed by atoms with Gasteiger partial charge in [0.15, 0.2) is 5.78 Å². The molecule has 0 amide bonds. The Balaban J connectivity index is 1.62. The van der Waals surface area contributed by atoms with E-state index in [2.05, 4.69) is 0 Å². The smallest absolute Gasteiger partial charge is 0.163 e. The minimum atomic E-state index is 0.347. The van der Waals surface area contributed by atoms with Crippen LogP contribution in [0.15, 0.2) is 30.3 Å². The second-order valence-electron chi connectivity index (χ2n) is 5.27. The van der Waals surface area contributed by atoms with Crippen LogP contribution in [0.1, 0.15) is 42.5 Å². The molecule has 2 unspecified atom stereocenters. The first kappa shape index (κ1) is 10.1. The van der Waals surface area contributed by atoms with Crippen molar-refractivity contribution in [2.45, 2.75) is 32.1 Å². The molecule has 2 aliphatic rings. The topological polar surface area (TPSA) is 17.1 Å². The van der Waals surface area contributed by atoms with Gasteiger partial charge in [0.05, 0.1) is 0 Å². The molecule has 1 heteroatoms. The van der Waals surface area contributed by atoms with Gasteiger partial charge in [0.1, 0.15) is 0 Å². The first-order chi connectivity index (χ1) is 7.86. The Morgan fingerprint density at radius 3 is 2.31 bits per heavy atom. The number of rotatable bonds is 3. The molecular formula is C15H18O. The molecule has 1 nitrogen and oxygen atoms in total. The van der Waals surface area contributed by atoms with Gasteiger partial charge in [-0.25, -0.2) is 0 Å². The summed E-state index contributed by atoms with van der Waals surface area (Å²) in [7, 11) is 0. The Morgan fingerprint density at radius 1 is 1.06 bits per heavy atom. The van der Waals surface area contributed by atoms with Gasteiger partial charge < -0.3 is 0 Å². The highest BCUT2D eigenvalue weighted by Gasteiger charge is 2.50. The summed E-state index contributed by atoms with van der Waals surface area (Å²) in [5.74, 6) is 2.85. The zero-order chi connectivity index (χ0) is 11.0. The molecule has 0 bridgehead atoms. The number of ketones is 1. The number of Topliss-reactive ketones (excluding diaryl/α,β-unsaturated/α-hetero) is 1. The van der Waals surface area contributed by atoms with Crippen LogP contribution >= 0.6 is 0 Å². The van der Waals surface area contributed by atoms with Gasteiger partial charge in [0.25, 0.3) is 0 Å². The van der Waals surface area contributed by atoms with Crippen molar-refractivity contribution in [3.63, 3.8) is 0 Å². The maximum atomic E-state index is 12.0. The highest BCUT2D eigenvalue weighted by molar-refractivity contribution is 5.96. The maximum absolute atomic E-state index is 12.0. The summed E-state index contributed by atoms with van der Waals surface area (Å²) in [4.78, 5) is 12.0. The lowest BCUT2D eigenvalue weighted by molar-refractivity contribution is 0.0972. The van der Waals surface area contributed by atoms with Crippen LogP contribution in [0.3, 0.4) is 0 Å². The third-order valence-corrected chi connectivity index (χ3v) is 4.35. The molecule has 0 aromatic heterocycles. The second kappa shape index (κ2) is 4.04. The molecule has 0 aliphatic heterocycles. The number of hydrogen-bond acceptors (Lipinski definition) is 1. The van der Waals surface area contributed by atoms with Gasteiger partial charge in [-0.15, -0.1) is 0 Å². The van der Waals surface area contributed by atoms with E-state index < -0.39 is 0 Å². The number of fused-ring (bicyclic) bond motifs is 1. The molecule has 0 saturated heterocycles. The lowest BCUT2D eigenvalue weighted by Crippen LogP contribution is -2.00. The van der Waals surface area contributed by atoms with Crippen molar-refractivity contribution in [1.29, 1.82) is 0 Å². The van der Waals surface area contributed by atoms with Gasteiger partial charge >= 0.3 is 0 Å². The van der Waals surface area contributed by atoms with Gasteiger partial charge in [-0.3, -0.25) is 4.79 Å². The zero-order valence-corrected chi connectivity index (χ0v) is 9.56. The normalized spacial score (nSPS) is 31.9. The molecule has 0 spiro atoms. The fourth-order valence-electron chi connectivity index (χ4n) is 3.40. The maximum Gasteiger partial charge on any atom is 0.163 e. The Labute approximate surface area is 96.9 Å². The standard InChI is InChI=1S/C15H18O/c16-15(11-6-2-1-3-7-11)10-14-12-8-4-5-9-13(12)14/h1-3,6-7,12-14H,4-5,8-10H2. The molecule has 0 heterocycles.